The maximum atomic E-state index is 11.7. The SMILES string of the molecule is Cc1nnc(S/C(=C\c2c(OCC#N)ccc3ccccc23)C(=O)O)o1. The van der Waals surface area contributed by atoms with Gasteiger partial charge in [0.1, 0.15) is 16.7 Å². The molecule has 7 nitrogen and oxygen atoms in total. The number of rotatable bonds is 6. The number of hydrogen-bond acceptors (Lipinski definition) is 7. The number of hydrogen-bond donors (Lipinski definition) is 1. The molecule has 0 saturated heterocycles. The third-order valence-corrected chi connectivity index (χ3v) is 4.27. The van der Waals surface area contributed by atoms with E-state index in [9.17, 15) is 9.90 Å². The second-order valence-electron chi connectivity index (χ2n) is 5.15. The predicted molar refractivity (Wildman–Crippen MR) is 95.6 cm³/mol. The molecule has 0 saturated carbocycles. The highest BCUT2D eigenvalue weighted by Crippen LogP contribution is 2.34. The quantitative estimate of drug-likeness (QED) is 0.519. The lowest BCUT2D eigenvalue weighted by Gasteiger charge is -2.10. The highest BCUT2D eigenvalue weighted by molar-refractivity contribution is 8.03. The molecule has 3 rings (SSSR count). The minimum Gasteiger partial charge on any atom is -0.478 e. The number of carboxylic acids is 1. The minimum atomic E-state index is -1.13. The third-order valence-electron chi connectivity index (χ3n) is 3.41. The summed E-state index contributed by atoms with van der Waals surface area (Å²) in [7, 11) is 0. The van der Waals surface area contributed by atoms with Crippen LogP contribution in [0.1, 0.15) is 11.5 Å². The van der Waals surface area contributed by atoms with Crippen molar-refractivity contribution in [3.63, 3.8) is 0 Å². The molecule has 130 valence electrons. The minimum absolute atomic E-state index is 0.00758. The van der Waals surface area contributed by atoms with Crippen LogP contribution in [0, 0.1) is 18.3 Å². The zero-order valence-electron chi connectivity index (χ0n) is 13.7. The maximum Gasteiger partial charge on any atom is 0.342 e. The summed E-state index contributed by atoms with van der Waals surface area (Å²) in [4.78, 5) is 11.7. The van der Waals surface area contributed by atoms with Crippen LogP contribution >= 0.6 is 11.8 Å². The van der Waals surface area contributed by atoms with Crippen molar-refractivity contribution >= 4 is 34.6 Å². The van der Waals surface area contributed by atoms with E-state index < -0.39 is 5.97 Å². The summed E-state index contributed by atoms with van der Waals surface area (Å²) in [6.07, 6.45) is 1.49. The highest BCUT2D eigenvalue weighted by atomic mass is 32.2. The average Bonchev–Trinajstić information content (AvgIpc) is 3.05. The van der Waals surface area contributed by atoms with Gasteiger partial charge in [0.25, 0.3) is 5.22 Å². The van der Waals surface area contributed by atoms with Gasteiger partial charge < -0.3 is 14.3 Å². The summed E-state index contributed by atoms with van der Waals surface area (Å²) in [6.45, 7) is 1.48. The molecule has 8 heteroatoms. The number of benzene rings is 2. The summed E-state index contributed by atoms with van der Waals surface area (Å²) in [5.74, 6) is -0.364. The number of thioether (sulfide) groups is 1. The number of aliphatic carboxylic acids is 1. The zero-order chi connectivity index (χ0) is 18.5. The van der Waals surface area contributed by atoms with Gasteiger partial charge in [0.15, 0.2) is 6.61 Å². The largest absolute Gasteiger partial charge is 0.478 e. The van der Waals surface area contributed by atoms with Gasteiger partial charge in [-0.05, 0) is 34.7 Å². The van der Waals surface area contributed by atoms with Gasteiger partial charge >= 0.3 is 5.97 Å². The van der Waals surface area contributed by atoms with Gasteiger partial charge in [-0.15, -0.1) is 10.2 Å². The van der Waals surface area contributed by atoms with Crippen LogP contribution in [0.4, 0.5) is 0 Å². The molecule has 0 spiro atoms. The fourth-order valence-electron chi connectivity index (χ4n) is 2.34. The fourth-order valence-corrected chi connectivity index (χ4v) is 3.04. The van der Waals surface area contributed by atoms with Crippen molar-refractivity contribution in [2.24, 2.45) is 0 Å². The van der Waals surface area contributed by atoms with Crippen molar-refractivity contribution in [3.8, 4) is 11.8 Å². The van der Waals surface area contributed by atoms with E-state index in [1.807, 2.05) is 36.4 Å². The lowest BCUT2D eigenvalue weighted by atomic mass is 10.0. The van der Waals surface area contributed by atoms with E-state index >= 15 is 0 Å². The van der Waals surface area contributed by atoms with Gasteiger partial charge in [0, 0.05) is 12.5 Å². The predicted octanol–water partition coefficient (Wildman–Crippen LogP) is 3.65. The van der Waals surface area contributed by atoms with Crippen molar-refractivity contribution in [2.45, 2.75) is 12.1 Å². The zero-order valence-corrected chi connectivity index (χ0v) is 14.5. The van der Waals surface area contributed by atoms with Crippen LogP contribution in [-0.2, 0) is 4.79 Å². The number of carbonyl (C=O) groups is 1. The molecule has 0 aliphatic rings. The van der Waals surface area contributed by atoms with Gasteiger partial charge in [-0.3, -0.25) is 0 Å². The van der Waals surface area contributed by atoms with E-state index in [1.54, 1.807) is 13.0 Å². The summed E-state index contributed by atoms with van der Waals surface area (Å²) in [5, 5.41) is 27.7. The van der Waals surface area contributed by atoms with E-state index in [1.165, 1.54) is 6.08 Å². The van der Waals surface area contributed by atoms with E-state index in [0.29, 0.717) is 17.2 Å². The van der Waals surface area contributed by atoms with Crippen molar-refractivity contribution in [3.05, 3.63) is 52.8 Å². The Bertz CT molecular complexity index is 1040. The van der Waals surface area contributed by atoms with Crippen molar-refractivity contribution in [1.82, 2.24) is 10.2 Å². The standard InChI is InChI=1S/C18H13N3O4S/c1-11-20-21-18(25-11)26-16(17(22)23)10-14-13-5-3-2-4-12(13)6-7-15(14)24-9-8-19/h2-7,10H,9H2,1H3,(H,22,23)/b16-10-. The lowest BCUT2D eigenvalue weighted by molar-refractivity contribution is -0.131. The summed E-state index contributed by atoms with van der Waals surface area (Å²) in [5.41, 5.74) is 0.569. The molecule has 26 heavy (non-hydrogen) atoms. The van der Waals surface area contributed by atoms with Gasteiger partial charge in [-0.25, -0.2) is 4.79 Å². The fraction of sp³-hybridized carbons (Fsp3) is 0.111. The Hall–Kier alpha value is -3.31. The molecule has 0 fully saturated rings. The van der Waals surface area contributed by atoms with Crippen LogP contribution in [0.15, 0.2) is 50.9 Å². The smallest absolute Gasteiger partial charge is 0.342 e. The van der Waals surface area contributed by atoms with Gasteiger partial charge in [-0.1, -0.05) is 30.3 Å². The Kier molecular flexibility index (Phi) is 5.20. The molecule has 0 atom stereocenters. The van der Waals surface area contributed by atoms with Crippen molar-refractivity contribution in [2.75, 3.05) is 6.61 Å². The van der Waals surface area contributed by atoms with E-state index in [4.69, 9.17) is 14.4 Å². The number of carboxylic acid groups (broad SMARTS) is 1. The number of aromatic nitrogens is 2. The summed E-state index contributed by atoms with van der Waals surface area (Å²) in [6, 6.07) is 13.0. The first kappa shape index (κ1) is 17.5. The number of nitrogens with zero attached hydrogens (tertiary/aromatic N) is 3. The van der Waals surface area contributed by atoms with Gasteiger partial charge in [-0.2, -0.15) is 5.26 Å². The maximum absolute atomic E-state index is 11.7. The van der Waals surface area contributed by atoms with Crippen molar-refractivity contribution in [1.29, 1.82) is 5.26 Å². The first-order chi connectivity index (χ1) is 12.6. The second-order valence-corrected chi connectivity index (χ2v) is 6.14. The lowest BCUT2D eigenvalue weighted by Crippen LogP contribution is -2.00. The summed E-state index contributed by atoms with van der Waals surface area (Å²) < 4.78 is 10.7. The number of fused-ring (bicyclic) bond motifs is 1. The number of ether oxygens (including phenoxy) is 1. The number of nitriles is 1. The Morgan fingerprint density at radius 3 is 2.85 bits per heavy atom. The van der Waals surface area contributed by atoms with E-state index in [0.717, 1.165) is 22.5 Å². The molecule has 0 radical (unpaired) electrons. The molecular formula is C18H13N3O4S. The molecule has 0 bridgehead atoms. The Labute approximate surface area is 152 Å². The van der Waals surface area contributed by atoms with Crippen LogP contribution in [0.3, 0.4) is 0 Å². The Balaban J connectivity index is 2.11. The van der Waals surface area contributed by atoms with Crippen LogP contribution < -0.4 is 4.74 Å². The van der Waals surface area contributed by atoms with Crippen molar-refractivity contribution < 1.29 is 19.1 Å². The first-order valence-electron chi connectivity index (χ1n) is 7.53. The first-order valence-corrected chi connectivity index (χ1v) is 8.34. The van der Waals surface area contributed by atoms with E-state index in [-0.39, 0.29) is 16.7 Å². The molecule has 0 unspecified atom stereocenters. The van der Waals surface area contributed by atoms with E-state index in [2.05, 4.69) is 10.2 Å². The molecule has 2 aromatic carbocycles. The van der Waals surface area contributed by atoms with Crippen LogP contribution in [0.2, 0.25) is 0 Å². The second kappa shape index (κ2) is 7.72. The molecule has 0 aliphatic heterocycles. The molecular weight excluding hydrogens is 354 g/mol. The Morgan fingerprint density at radius 2 is 2.15 bits per heavy atom. The molecule has 1 N–H and O–H groups in total. The van der Waals surface area contributed by atoms with Gasteiger partial charge in [0.05, 0.1) is 0 Å². The van der Waals surface area contributed by atoms with Crippen LogP contribution in [-0.4, -0.2) is 27.9 Å². The molecule has 0 amide bonds. The van der Waals surface area contributed by atoms with Crippen LogP contribution in [0.5, 0.6) is 5.75 Å². The third kappa shape index (κ3) is 3.84. The number of aryl methyl sites for hydroxylation is 1. The average molecular weight is 367 g/mol. The topological polar surface area (TPSA) is 109 Å². The highest BCUT2D eigenvalue weighted by Gasteiger charge is 2.17. The monoisotopic (exact) mass is 367 g/mol. The molecule has 0 aliphatic carbocycles. The van der Waals surface area contributed by atoms with Crippen LogP contribution in [0.25, 0.3) is 16.8 Å². The normalized spacial score (nSPS) is 11.3. The molecule has 3 aromatic rings. The molecule has 1 aromatic heterocycles. The Morgan fingerprint density at radius 1 is 1.35 bits per heavy atom. The van der Waals surface area contributed by atoms with Gasteiger partial charge in [0.2, 0.25) is 5.89 Å². The summed E-state index contributed by atoms with van der Waals surface area (Å²) >= 11 is 0.854. The molecule has 1 heterocycles.